The Balaban J connectivity index is 1.73. The number of carbonyl (C=O) groups is 1. The van der Waals surface area contributed by atoms with Gasteiger partial charge in [0, 0.05) is 18.8 Å². The molecule has 1 aromatic rings. The van der Waals surface area contributed by atoms with E-state index in [-0.39, 0.29) is 5.91 Å². The first-order chi connectivity index (χ1) is 8.78. The van der Waals surface area contributed by atoms with Gasteiger partial charge < -0.3 is 10.6 Å². The maximum absolute atomic E-state index is 11.5. The van der Waals surface area contributed by atoms with E-state index >= 15 is 0 Å². The third-order valence-corrected chi connectivity index (χ3v) is 3.61. The number of amides is 1. The molecule has 2 rings (SSSR count). The maximum Gasteiger partial charge on any atom is 0.230 e. The number of hydrogen-bond acceptors (Lipinski definition) is 4. The fraction of sp³-hybridized carbons (Fsp3) is 0.538. The first kappa shape index (κ1) is 13.4. The third-order valence-electron chi connectivity index (χ3n) is 2.67. The first-order valence-corrected chi connectivity index (χ1v) is 7.34. The molecule has 4 nitrogen and oxygen atoms in total. The normalized spacial score (nSPS) is 14.5. The van der Waals surface area contributed by atoms with E-state index in [0.29, 0.717) is 11.8 Å². The minimum absolute atomic E-state index is 0.112. The fourth-order valence-electron chi connectivity index (χ4n) is 1.51. The molecule has 0 atom stereocenters. The number of thioether (sulfide) groups is 1. The van der Waals surface area contributed by atoms with Crippen molar-refractivity contribution in [2.45, 2.75) is 37.4 Å². The molecule has 1 saturated carbocycles. The van der Waals surface area contributed by atoms with Crippen LogP contribution in [-0.4, -0.2) is 29.2 Å². The highest BCUT2D eigenvalue weighted by Gasteiger charge is 2.22. The van der Waals surface area contributed by atoms with E-state index < -0.39 is 0 Å². The molecule has 98 valence electrons. The molecule has 0 aromatic carbocycles. The van der Waals surface area contributed by atoms with Gasteiger partial charge in [0.15, 0.2) is 0 Å². The summed E-state index contributed by atoms with van der Waals surface area (Å²) in [6.45, 7) is 3.88. The standard InChI is InChI=1S/C13H19N3OS/c1-2-14-7-10-3-6-13(15-8-10)18-9-12(17)16-11-4-5-11/h3,6,8,11,14H,2,4-5,7,9H2,1H3,(H,16,17). The number of hydrogen-bond donors (Lipinski definition) is 2. The average molecular weight is 265 g/mol. The molecule has 0 spiro atoms. The Kier molecular flexibility index (Phi) is 5.01. The van der Waals surface area contributed by atoms with Crippen molar-refractivity contribution in [2.75, 3.05) is 12.3 Å². The van der Waals surface area contributed by atoms with Gasteiger partial charge in [-0.05, 0) is 31.0 Å². The summed E-state index contributed by atoms with van der Waals surface area (Å²) >= 11 is 1.49. The van der Waals surface area contributed by atoms with Crippen molar-refractivity contribution in [1.29, 1.82) is 0 Å². The Morgan fingerprint density at radius 2 is 2.33 bits per heavy atom. The van der Waals surface area contributed by atoms with Gasteiger partial charge in [-0.25, -0.2) is 4.98 Å². The lowest BCUT2D eigenvalue weighted by molar-refractivity contribution is -0.118. The summed E-state index contributed by atoms with van der Waals surface area (Å²) in [6.07, 6.45) is 4.13. The highest BCUT2D eigenvalue weighted by Crippen LogP contribution is 2.20. The lowest BCUT2D eigenvalue weighted by Crippen LogP contribution is -2.27. The average Bonchev–Trinajstić information content (AvgIpc) is 3.19. The number of nitrogens with one attached hydrogen (secondary N) is 2. The van der Waals surface area contributed by atoms with Crippen LogP contribution in [0.1, 0.15) is 25.3 Å². The summed E-state index contributed by atoms with van der Waals surface area (Å²) in [6, 6.07) is 4.46. The van der Waals surface area contributed by atoms with Crippen molar-refractivity contribution in [2.24, 2.45) is 0 Å². The molecule has 5 heteroatoms. The lowest BCUT2D eigenvalue weighted by atomic mass is 10.3. The van der Waals surface area contributed by atoms with Crippen molar-refractivity contribution in [3.8, 4) is 0 Å². The van der Waals surface area contributed by atoms with Gasteiger partial charge in [-0.15, -0.1) is 0 Å². The van der Waals surface area contributed by atoms with Gasteiger partial charge in [0.2, 0.25) is 5.91 Å². The zero-order valence-electron chi connectivity index (χ0n) is 10.6. The lowest BCUT2D eigenvalue weighted by Gasteiger charge is -2.04. The van der Waals surface area contributed by atoms with Gasteiger partial charge in [-0.3, -0.25) is 4.79 Å². The predicted molar refractivity (Wildman–Crippen MR) is 73.5 cm³/mol. The summed E-state index contributed by atoms with van der Waals surface area (Å²) in [5, 5.41) is 7.12. The van der Waals surface area contributed by atoms with Crippen LogP contribution in [0.25, 0.3) is 0 Å². The summed E-state index contributed by atoms with van der Waals surface area (Å²) in [4.78, 5) is 15.8. The van der Waals surface area contributed by atoms with Crippen molar-refractivity contribution in [3.63, 3.8) is 0 Å². The van der Waals surface area contributed by atoms with Crippen LogP contribution in [0.3, 0.4) is 0 Å². The topological polar surface area (TPSA) is 54.0 Å². The van der Waals surface area contributed by atoms with Gasteiger partial charge in [0.1, 0.15) is 0 Å². The highest BCUT2D eigenvalue weighted by atomic mass is 32.2. The van der Waals surface area contributed by atoms with Gasteiger partial charge in [0.05, 0.1) is 10.8 Å². The van der Waals surface area contributed by atoms with Gasteiger partial charge in [-0.1, -0.05) is 24.8 Å². The van der Waals surface area contributed by atoms with Crippen LogP contribution in [0.15, 0.2) is 23.4 Å². The Labute approximate surface area is 112 Å². The Morgan fingerprint density at radius 3 is 2.94 bits per heavy atom. The number of aromatic nitrogens is 1. The molecule has 18 heavy (non-hydrogen) atoms. The molecule has 0 bridgehead atoms. The van der Waals surface area contributed by atoms with Crippen molar-refractivity contribution < 1.29 is 4.79 Å². The van der Waals surface area contributed by atoms with E-state index in [0.717, 1.165) is 31.0 Å². The summed E-state index contributed by atoms with van der Waals surface area (Å²) < 4.78 is 0. The second-order valence-electron chi connectivity index (χ2n) is 4.42. The Morgan fingerprint density at radius 1 is 1.50 bits per heavy atom. The van der Waals surface area contributed by atoms with E-state index in [1.54, 1.807) is 0 Å². The Bertz CT molecular complexity index is 390. The van der Waals surface area contributed by atoms with Crippen molar-refractivity contribution in [1.82, 2.24) is 15.6 Å². The van der Waals surface area contributed by atoms with E-state index in [1.165, 1.54) is 17.3 Å². The molecule has 1 aliphatic rings. The highest BCUT2D eigenvalue weighted by molar-refractivity contribution is 7.99. The maximum atomic E-state index is 11.5. The largest absolute Gasteiger partial charge is 0.353 e. The molecular formula is C13H19N3OS. The summed E-state index contributed by atoms with van der Waals surface area (Å²) in [5.41, 5.74) is 1.17. The van der Waals surface area contributed by atoms with Crippen molar-refractivity contribution in [3.05, 3.63) is 23.9 Å². The molecule has 1 fully saturated rings. The number of pyridine rings is 1. The smallest absolute Gasteiger partial charge is 0.230 e. The van der Waals surface area contributed by atoms with Crippen LogP contribution in [0.5, 0.6) is 0 Å². The van der Waals surface area contributed by atoms with Crippen LogP contribution in [0.2, 0.25) is 0 Å². The quantitative estimate of drug-likeness (QED) is 0.735. The molecule has 0 unspecified atom stereocenters. The van der Waals surface area contributed by atoms with Gasteiger partial charge in [0.25, 0.3) is 0 Å². The van der Waals surface area contributed by atoms with E-state index in [4.69, 9.17) is 0 Å². The zero-order valence-corrected chi connectivity index (χ0v) is 11.4. The molecular weight excluding hydrogens is 246 g/mol. The third kappa shape index (κ3) is 4.66. The number of carbonyl (C=O) groups excluding carboxylic acids is 1. The summed E-state index contributed by atoms with van der Waals surface area (Å²) in [5.74, 6) is 0.566. The molecule has 2 N–H and O–H groups in total. The number of rotatable bonds is 7. The van der Waals surface area contributed by atoms with Crippen LogP contribution >= 0.6 is 11.8 Å². The second kappa shape index (κ2) is 6.75. The SMILES string of the molecule is CCNCc1ccc(SCC(=O)NC2CC2)nc1. The zero-order chi connectivity index (χ0) is 12.8. The molecule has 1 heterocycles. The van der Waals surface area contributed by atoms with Gasteiger partial charge in [-0.2, -0.15) is 0 Å². The molecule has 1 aliphatic carbocycles. The van der Waals surface area contributed by atoms with Crippen LogP contribution in [0.4, 0.5) is 0 Å². The minimum Gasteiger partial charge on any atom is -0.353 e. The molecule has 0 radical (unpaired) electrons. The van der Waals surface area contributed by atoms with E-state index in [2.05, 4.69) is 28.6 Å². The predicted octanol–water partition coefficient (Wildman–Crippen LogP) is 1.56. The minimum atomic E-state index is 0.112. The van der Waals surface area contributed by atoms with Crippen molar-refractivity contribution >= 4 is 17.7 Å². The molecule has 0 saturated heterocycles. The van der Waals surface area contributed by atoms with E-state index in [9.17, 15) is 4.79 Å². The second-order valence-corrected chi connectivity index (χ2v) is 5.41. The van der Waals surface area contributed by atoms with Crippen LogP contribution < -0.4 is 10.6 Å². The van der Waals surface area contributed by atoms with E-state index in [1.807, 2.05) is 12.3 Å². The van der Waals surface area contributed by atoms with Crippen LogP contribution in [0, 0.1) is 0 Å². The number of nitrogens with zero attached hydrogens (tertiary/aromatic N) is 1. The Hall–Kier alpha value is -1.07. The van der Waals surface area contributed by atoms with Crippen LogP contribution in [-0.2, 0) is 11.3 Å². The van der Waals surface area contributed by atoms with Gasteiger partial charge >= 0.3 is 0 Å². The monoisotopic (exact) mass is 265 g/mol. The molecule has 0 aliphatic heterocycles. The molecule has 1 amide bonds. The first-order valence-electron chi connectivity index (χ1n) is 6.35. The summed E-state index contributed by atoms with van der Waals surface area (Å²) in [7, 11) is 0. The fourth-order valence-corrected chi connectivity index (χ4v) is 2.16. The molecule has 1 aromatic heterocycles.